The molecule has 0 aliphatic heterocycles. The number of halogens is 1. The molecule has 0 amide bonds. The van der Waals surface area contributed by atoms with E-state index < -0.39 is 0 Å². The van der Waals surface area contributed by atoms with E-state index >= 15 is 0 Å². The fourth-order valence-electron chi connectivity index (χ4n) is 2.50. The minimum Gasteiger partial charge on any atom is -0.0836 e. The van der Waals surface area contributed by atoms with Crippen molar-refractivity contribution in [2.24, 2.45) is 11.3 Å². The maximum atomic E-state index is 3.87. The van der Waals surface area contributed by atoms with Gasteiger partial charge < -0.3 is 0 Å². The van der Waals surface area contributed by atoms with Crippen molar-refractivity contribution in [2.75, 3.05) is 0 Å². The number of benzene rings is 1. The molecule has 0 radical (unpaired) electrons. The summed E-state index contributed by atoms with van der Waals surface area (Å²) in [7, 11) is 0. The molecule has 16 heavy (non-hydrogen) atoms. The molecule has 0 fully saturated rings. The van der Waals surface area contributed by atoms with Gasteiger partial charge in [-0.25, -0.2) is 0 Å². The van der Waals surface area contributed by atoms with Gasteiger partial charge in [0.05, 0.1) is 0 Å². The average molecular weight is 281 g/mol. The van der Waals surface area contributed by atoms with Crippen molar-refractivity contribution in [1.82, 2.24) is 0 Å². The van der Waals surface area contributed by atoms with Crippen LogP contribution in [0.15, 0.2) is 24.3 Å². The minimum absolute atomic E-state index is 0.460. The Labute approximate surface area is 108 Å². The van der Waals surface area contributed by atoms with E-state index in [1.54, 1.807) is 5.56 Å². The second kappa shape index (κ2) is 4.52. The molecule has 88 valence electrons. The molecule has 1 heteroatoms. The van der Waals surface area contributed by atoms with Gasteiger partial charge in [-0.1, -0.05) is 61.0 Å². The van der Waals surface area contributed by atoms with Crippen LogP contribution in [0.1, 0.15) is 49.6 Å². The minimum atomic E-state index is 0.460. The van der Waals surface area contributed by atoms with Crippen molar-refractivity contribution in [3.63, 3.8) is 0 Å². The molecule has 0 saturated carbocycles. The molecule has 0 heterocycles. The quantitative estimate of drug-likeness (QED) is 0.660. The maximum Gasteiger partial charge on any atom is 0.0429 e. The average Bonchev–Trinajstić information content (AvgIpc) is 2.53. The Hall–Kier alpha value is -0.300. The lowest BCUT2D eigenvalue weighted by Crippen LogP contribution is -2.10. The van der Waals surface area contributed by atoms with E-state index in [1.807, 2.05) is 0 Å². The van der Waals surface area contributed by atoms with E-state index in [-0.39, 0.29) is 0 Å². The first-order chi connectivity index (χ1) is 7.47. The molecular formula is C15H21Br. The van der Waals surface area contributed by atoms with E-state index in [9.17, 15) is 0 Å². The first kappa shape index (κ1) is 12.2. The Bertz CT molecular complexity index is 362. The van der Waals surface area contributed by atoms with Crippen LogP contribution in [0.2, 0.25) is 0 Å². The smallest absolute Gasteiger partial charge is 0.0429 e. The van der Waals surface area contributed by atoms with Crippen molar-refractivity contribution in [3.8, 4) is 0 Å². The molecule has 1 aliphatic carbocycles. The monoisotopic (exact) mass is 280 g/mol. The summed E-state index contributed by atoms with van der Waals surface area (Å²) in [5.41, 5.74) is 3.52. The predicted octanol–water partition coefficient (Wildman–Crippen LogP) is 5.12. The third-order valence-corrected chi connectivity index (χ3v) is 4.75. The SMILES string of the molecule is CC(C)(C)CCC1Cc2ccccc2C1Br. The van der Waals surface area contributed by atoms with Crippen molar-refractivity contribution in [2.45, 2.75) is 44.9 Å². The number of hydrogen-bond acceptors (Lipinski definition) is 0. The number of fused-ring (bicyclic) bond motifs is 1. The van der Waals surface area contributed by atoms with E-state index in [2.05, 4.69) is 61.0 Å². The van der Waals surface area contributed by atoms with Crippen molar-refractivity contribution in [3.05, 3.63) is 35.4 Å². The fourth-order valence-corrected chi connectivity index (χ4v) is 3.39. The van der Waals surface area contributed by atoms with Gasteiger partial charge >= 0.3 is 0 Å². The van der Waals surface area contributed by atoms with Gasteiger partial charge in [0, 0.05) is 4.83 Å². The molecule has 0 aromatic heterocycles. The summed E-state index contributed by atoms with van der Waals surface area (Å²) in [6, 6.07) is 8.86. The summed E-state index contributed by atoms with van der Waals surface area (Å²) in [4.78, 5) is 0.575. The van der Waals surface area contributed by atoms with Gasteiger partial charge in [-0.05, 0) is 41.7 Å². The van der Waals surface area contributed by atoms with Crippen molar-refractivity contribution < 1.29 is 0 Å². The summed E-state index contributed by atoms with van der Waals surface area (Å²) in [6.45, 7) is 7.00. The summed E-state index contributed by atoms with van der Waals surface area (Å²) in [6.07, 6.45) is 3.89. The summed E-state index contributed by atoms with van der Waals surface area (Å²) in [5.74, 6) is 0.789. The van der Waals surface area contributed by atoms with E-state index in [0.717, 1.165) is 5.92 Å². The van der Waals surface area contributed by atoms with Gasteiger partial charge in [0.15, 0.2) is 0 Å². The Kier molecular flexibility index (Phi) is 3.44. The lowest BCUT2D eigenvalue weighted by molar-refractivity contribution is 0.325. The Morgan fingerprint density at radius 1 is 1.25 bits per heavy atom. The summed E-state index contributed by atoms with van der Waals surface area (Å²) < 4.78 is 0. The predicted molar refractivity (Wildman–Crippen MR) is 74.0 cm³/mol. The zero-order valence-electron chi connectivity index (χ0n) is 10.5. The first-order valence-corrected chi connectivity index (χ1v) is 7.11. The number of hydrogen-bond donors (Lipinski definition) is 0. The number of alkyl halides is 1. The van der Waals surface area contributed by atoms with Crippen LogP contribution in [0.4, 0.5) is 0 Å². The summed E-state index contributed by atoms with van der Waals surface area (Å²) in [5, 5.41) is 0. The molecule has 1 aromatic rings. The van der Waals surface area contributed by atoms with Gasteiger partial charge in [-0.15, -0.1) is 0 Å². The first-order valence-electron chi connectivity index (χ1n) is 6.19. The van der Waals surface area contributed by atoms with Gasteiger partial charge in [0.2, 0.25) is 0 Å². The lowest BCUT2D eigenvalue weighted by atomic mass is 9.86. The Morgan fingerprint density at radius 2 is 1.94 bits per heavy atom. The van der Waals surface area contributed by atoms with Crippen LogP contribution < -0.4 is 0 Å². The second-order valence-corrected chi connectivity index (χ2v) is 7.15. The molecule has 0 nitrogen and oxygen atoms in total. The van der Waals surface area contributed by atoms with Gasteiger partial charge in [0.1, 0.15) is 0 Å². The third-order valence-electron chi connectivity index (χ3n) is 3.51. The maximum absolute atomic E-state index is 3.87. The lowest BCUT2D eigenvalue weighted by Gasteiger charge is -2.22. The Morgan fingerprint density at radius 3 is 2.56 bits per heavy atom. The highest BCUT2D eigenvalue weighted by atomic mass is 79.9. The van der Waals surface area contributed by atoms with Crippen LogP contribution in [0, 0.1) is 11.3 Å². The molecule has 2 unspecified atom stereocenters. The van der Waals surface area contributed by atoms with Gasteiger partial charge in [-0.3, -0.25) is 0 Å². The van der Waals surface area contributed by atoms with Crippen LogP contribution in [-0.4, -0.2) is 0 Å². The molecule has 0 spiro atoms. The highest BCUT2D eigenvalue weighted by molar-refractivity contribution is 9.09. The summed E-state index contributed by atoms with van der Waals surface area (Å²) >= 11 is 3.87. The molecule has 1 aliphatic rings. The molecule has 0 saturated heterocycles. The van der Waals surface area contributed by atoms with Crippen LogP contribution in [0.3, 0.4) is 0 Å². The normalized spacial score (nSPS) is 24.5. The van der Waals surface area contributed by atoms with Crippen molar-refractivity contribution >= 4 is 15.9 Å². The van der Waals surface area contributed by atoms with Crippen LogP contribution in [0.5, 0.6) is 0 Å². The molecule has 2 rings (SSSR count). The van der Waals surface area contributed by atoms with E-state index in [1.165, 1.54) is 24.8 Å². The van der Waals surface area contributed by atoms with Gasteiger partial charge in [-0.2, -0.15) is 0 Å². The van der Waals surface area contributed by atoms with E-state index in [4.69, 9.17) is 0 Å². The molecule has 1 aromatic carbocycles. The topological polar surface area (TPSA) is 0 Å². The van der Waals surface area contributed by atoms with Gasteiger partial charge in [0.25, 0.3) is 0 Å². The van der Waals surface area contributed by atoms with Crippen LogP contribution in [0.25, 0.3) is 0 Å². The fraction of sp³-hybridized carbons (Fsp3) is 0.600. The molecular weight excluding hydrogens is 260 g/mol. The standard InChI is InChI=1S/C15H21Br/c1-15(2,3)9-8-12-10-11-6-4-5-7-13(11)14(12)16/h4-7,12,14H,8-10H2,1-3H3. The zero-order chi connectivity index (χ0) is 11.8. The van der Waals surface area contributed by atoms with Crippen LogP contribution in [-0.2, 0) is 6.42 Å². The highest BCUT2D eigenvalue weighted by Crippen LogP contribution is 2.45. The largest absolute Gasteiger partial charge is 0.0836 e. The Balaban J connectivity index is 2.02. The third kappa shape index (κ3) is 2.68. The molecule has 2 atom stereocenters. The molecule has 0 N–H and O–H groups in total. The molecule has 0 bridgehead atoms. The van der Waals surface area contributed by atoms with Crippen LogP contribution >= 0.6 is 15.9 Å². The second-order valence-electron chi connectivity index (χ2n) is 6.16. The van der Waals surface area contributed by atoms with Crippen molar-refractivity contribution in [1.29, 1.82) is 0 Å². The zero-order valence-corrected chi connectivity index (χ0v) is 12.0. The highest BCUT2D eigenvalue weighted by Gasteiger charge is 2.30. The number of rotatable bonds is 2. The van der Waals surface area contributed by atoms with E-state index in [0.29, 0.717) is 10.2 Å².